The van der Waals surface area contributed by atoms with Crippen molar-refractivity contribution in [3.8, 4) is 0 Å². The molecule has 0 heterocycles. The maximum absolute atomic E-state index is 10.9. The molecule has 0 fully saturated rings. The Balaban J connectivity index is 4.47. The molecule has 8 nitrogen and oxygen atoms in total. The summed E-state index contributed by atoms with van der Waals surface area (Å²) in [7, 11) is -1.18. The van der Waals surface area contributed by atoms with Crippen LogP contribution >= 0.6 is 0 Å². The van der Waals surface area contributed by atoms with Gasteiger partial charge in [0, 0.05) is 27.7 Å². The van der Waals surface area contributed by atoms with E-state index in [-0.39, 0.29) is 26.2 Å². The van der Waals surface area contributed by atoms with Gasteiger partial charge in [-0.1, -0.05) is 25.7 Å². The van der Waals surface area contributed by atoms with Crippen molar-refractivity contribution in [2.75, 3.05) is 39.3 Å². The van der Waals surface area contributed by atoms with Crippen molar-refractivity contribution in [3.63, 3.8) is 0 Å². The SMILES string of the molecule is C[Si](C)(C)CCCN(CCN(CC(=O)O)CC(O)O)CC(=O)O. The van der Waals surface area contributed by atoms with Gasteiger partial charge in [-0.2, -0.15) is 0 Å². The summed E-state index contributed by atoms with van der Waals surface area (Å²) in [6, 6.07) is 1.09. The molecule has 0 saturated carbocycles. The highest BCUT2D eigenvalue weighted by Gasteiger charge is 2.18. The molecule has 0 saturated heterocycles. The fourth-order valence-electron chi connectivity index (χ4n) is 2.23. The number of aliphatic hydroxyl groups excluding tert-OH is 1. The molecule has 0 aliphatic carbocycles. The van der Waals surface area contributed by atoms with Crippen molar-refractivity contribution < 1.29 is 30.0 Å². The summed E-state index contributed by atoms with van der Waals surface area (Å²) in [5.74, 6) is -1.99. The molecule has 0 rings (SSSR count). The predicted molar refractivity (Wildman–Crippen MR) is 89.1 cm³/mol. The molecule has 0 spiro atoms. The van der Waals surface area contributed by atoms with Gasteiger partial charge in [-0.25, -0.2) is 0 Å². The molecule has 0 unspecified atom stereocenters. The molecular formula is C14H30N2O6Si. The number of hydrogen-bond donors (Lipinski definition) is 4. The Kier molecular flexibility index (Phi) is 10.2. The number of carbonyl (C=O) groups is 2. The van der Waals surface area contributed by atoms with Gasteiger partial charge in [-0.3, -0.25) is 19.4 Å². The van der Waals surface area contributed by atoms with Gasteiger partial charge < -0.3 is 20.4 Å². The van der Waals surface area contributed by atoms with E-state index in [0.717, 1.165) is 12.5 Å². The second kappa shape index (κ2) is 10.7. The van der Waals surface area contributed by atoms with Crippen LogP contribution in [0.5, 0.6) is 0 Å². The molecule has 4 N–H and O–H groups in total. The van der Waals surface area contributed by atoms with Crippen molar-refractivity contribution >= 4 is 20.0 Å². The zero-order chi connectivity index (χ0) is 18.0. The third-order valence-electron chi connectivity index (χ3n) is 3.27. The molecule has 0 aromatic carbocycles. The number of carboxylic acids is 2. The number of rotatable bonds is 13. The largest absolute Gasteiger partial charge is 0.480 e. The number of hydrogen-bond acceptors (Lipinski definition) is 6. The summed E-state index contributed by atoms with van der Waals surface area (Å²) in [5.41, 5.74) is 0. The summed E-state index contributed by atoms with van der Waals surface area (Å²) in [6.45, 7) is 7.45. The molecule has 23 heavy (non-hydrogen) atoms. The van der Waals surface area contributed by atoms with Gasteiger partial charge in [0.25, 0.3) is 0 Å². The Bertz CT molecular complexity index is 373. The van der Waals surface area contributed by atoms with E-state index in [0.29, 0.717) is 13.1 Å². The molecule has 0 aromatic heterocycles. The highest BCUT2D eigenvalue weighted by atomic mass is 28.3. The van der Waals surface area contributed by atoms with E-state index < -0.39 is 26.3 Å². The van der Waals surface area contributed by atoms with E-state index in [1.165, 1.54) is 4.90 Å². The fourth-order valence-corrected chi connectivity index (χ4v) is 3.45. The first-order chi connectivity index (χ1) is 10.5. The minimum Gasteiger partial charge on any atom is -0.480 e. The van der Waals surface area contributed by atoms with Gasteiger partial charge in [0.15, 0.2) is 6.29 Å². The topological polar surface area (TPSA) is 122 Å². The summed E-state index contributed by atoms with van der Waals surface area (Å²) >= 11 is 0. The van der Waals surface area contributed by atoms with Crippen LogP contribution in [0.4, 0.5) is 0 Å². The minimum absolute atomic E-state index is 0.103. The van der Waals surface area contributed by atoms with Crippen molar-refractivity contribution in [3.05, 3.63) is 0 Å². The van der Waals surface area contributed by atoms with Gasteiger partial charge in [0.1, 0.15) is 0 Å². The first kappa shape index (κ1) is 22.0. The Hall–Kier alpha value is -1.00. The van der Waals surface area contributed by atoms with Crippen LogP contribution in [0.15, 0.2) is 0 Å². The Labute approximate surface area is 138 Å². The average Bonchev–Trinajstić information content (AvgIpc) is 2.31. The molecule has 0 aromatic rings. The van der Waals surface area contributed by atoms with Gasteiger partial charge in [0.05, 0.1) is 13.1 Å². The zero-order valence-corrected chi connectivity index (χ0v) is 15.2. The Morgan fingerprint density at radius 2 is 1.39 bits per heavy atom. The smallest absolute Gasteiger partial charge is 0.317 e. The molecule has 0 atom stereocenters. The third-order valence-corrected chi connectivity index (χ3v) is 5.13. The molecule has 0 aliphatic rings. The summed E-state index contributed by atoms with van der Waals surface area (Å²) < 4.78 is 0. The first-order valence-corrected chi connectivity index (χ1v) is 11.4. The van der Waals surface area contributed by atoms with Crippen LogP contribution in [0.1, 0.15) is 6.42 Å². The second-order valence-corrected chi connectivity index (χ2v) is 12.6. The number of aliphatic carboxylic acids is 2. The normalized spacial score (nSPS) is 12.3. The van der Waals surface area contributed by atoms with Gasteiger partial charge in [0.2, 0.25) is 0 Å². The van der Waals surface area contributed by atoms with Crippen LogP contribution in [0, 0.1) is 0 Å². The monoisotopic (exact) mass is 350 g/mol. The summed E-state index contributed by atoms with van der Waals surface area (Å²) in [5, 5.41) is 35.8. The van der Waals surface area contributed by atoms with E-state index in [2.05, 4.69) is 19.6 Å². The highest BCUT2D eigenvalue weighted by molar-refractivity contribution is 6.76. The molecule has 0 amide bonds. The van der Waals surface area contributed by atoms with Crippen molar-refractivity contribution in [2.45, 2.75) is 38.4 Å². The van der Waals surface area contributed by atoms with Crippen molar-refractivity contribution in [2.24, 2.45) is 0 Å². The summed E-state index contributed by atoms with van der Waals surface area (Å²) in [6.07, 6.45) is -0.709. The van der Waals surface area contributed by atoms with E-state index in [4.69, 9.17) is 20.4 Å². The van der Waals surface area contributed by atoms with E-state index in [9.17, 15) is 9.59 Å². The lowest BCUT2D eigenvalue weighted by molar-refractivity contribution is -0.141. The van der Waals surface area contributed by atoms with Gasteiger partial charge in [-0.05, 0) is 13.0 Å². The van der Waals surface area contributed by atoms with E-state index in [1.54, 1.807) is 4.90 Å². The number of aliphatic hydroxyl groups is 2. The van der Waals surface area contributed by atoms with Gasteiger partial charge >= 0.3 is 11.9 Å². The van der Waals surface area contributed by atoms with Crippen LogP contribution in [-0.4, -0.2) is 95.8 Å². The molecule has 9 heteroatoms. The number of nitrogens with zero attached hydrogens (tertiary/aromatic N) is 2. The molecule has 0 radical (unpaired) electrons. The maximum atomic E-state index is 10.9. The third kappa shape index (κ3) is 14.3. The minimum atomic E-state index is -1.62. The molecule has 136 valence electrons. The van der Waals surface area contributed by atoms with Crippen molar-refractivity contribution in [1.82, 2.24) is 9.80 Å². The van der Waals surface area contributed by atoms with E-state index >= 15 is 0 Å². The van der Waals surface area contributed by atoms with Crippen LogP contribution < -0.4 is 0 Å². The lowest BCUT2D eigenvalue weighted by Crippen LogP contribution is -2.43. The second-order valence-electron chi connectivity index (χ2n) is 6.94. The standard InChI is InChI=1S/C14H30N2O6Si/c1-23(2,3)8-4-5-15(9-12(17)18)6-7-16(10-13(19)20)11-14(21)22/h13,19-20H,4-11H2,1-3H3,(H,17,18)(H,21,22). The zero-order valence-electron chi connectivity index (χ0n) is 14.2. The van der Waals surface area contributed by atoms with Crippen LogP contribution in [-0.2, 0) is 9.59 Å². The van der Waals surface area contributed by atoms with Gasteiger partial charge in [-0.15, -0.1) is 0 Å². The van der Waals surface area contributed by atoms with E-state index in [1.807, 2.05) is 0 Å². The maximum Gasteiger partial charge on any atom is 0.317 e. The predicted octanol–water partition coefficient (Wildman–Crippen LogP) is -0.201. The number of carboxylic acid groups (broad SMARTS) is 2. The van der Waals surface area contributed by atoms with Crippen LogP contribution in [0.2, 0.25) is 25.7 Å². The Morgan fingerprint density at radius 3 is 1.83 bits per heavy atom. The Morgan fingerprint density at radius 1 is 0.913 bits per heavy atom. The quantitative estimate of drug-likeness (QED) is 0.266. The van der Waals surface area contributed by atoms with Crippen molar-refractivity contribution in [1.29, 1.82) is 0 Å². The summed E-state index contributed by atoms with van der Waals surface area (Å²) in [4.78, 5) is 24.9. The first-order valence-electron chi connectivity index (χ1n) is 7.74. The lowest BCUT2D eigenvalue weighted by Gasteiger charge is -2.27. The average molecular weight is 350 g/mol. The highest BCUT2D eigenvalue weighted by Crippen LogP contribution is 2.11. The molecule has 0 bridgehead atoms. The molecule has 0 aliphatic heterocycles. The van der Waals surface area contributed by atoms with Crippen LogP contribution in [0.3, 0.4) is 0 Å². The molecular weight excluding hydrogens is 320 g/mol. The van der Waals surface area contributed by atoms with Crippen LogP contribution in [0.25, 0.3) is 0 Å². The lowest BCUT2D eigenvalue weighted by atomic mass is 10.3. The fraction of sp³-hybridized carbons (Fsp3) is 0.857.